The lowest BCUT2D eigenvalue weighted by molar-refractivity contribution is 0.312. The molecule has 34 heavy (non-hydrogen) atoms. The summed E-state index contributed by atoms with van der Waals surface area (Å²) in [6.45, 7) is 5.87. The number of likely N-dealkylation sites (N-methyl/N-ethyl adjacent to an activating group) is 1. The Morgan fingerprint density at radius 2 is 1.88 bits per heavy atom. The second-order valence-electron chi connectivity index (χ2n) is 8.67. The number of aromatic nitrogens is 6. The number of fused-ring (bicyclic) bond motifs is 2. The van der Waals surface area contributed by atoms with Crippen molar-refractivity contribution in [3.05, 3.63) is 60.7 Å². The number of rotatable bonds is 4. The summed E-state index contributed by atoms with van der Waals surface area (Å²) in [6.07, 6.45) is 9.02. The van der Waals surface area contributed by atoms with E-state index in [0.29, 0.717) is 17.2 Å². The number of hydrogen-bond donors (Lipinski definition) is 2. The van der Waals surface area contributed by atoms with Gasteiger partial charge in [-0.1, -0.05) is 0 Å². The monoisotopic (exact) mass is 457 g/mol. The lowest BCUT2D eigenvalue weighted by atomic mass is 10.1. The van der Waals surface area contributed by atoms with Crippen LogP contribution in [0.1, 0.15) is 5.69 Å². The smallest absolute Gasteiger partial charge is 0.229 e. The van der Waals surface area contributed by atoms with Crippen LogP contribution in [0.25, 0.3) is 27.8 Å². The second-order valence-corrected chi connectivity index (χ2v) is 8.67. The van der Waals surface area contributed by atoms with Gasteiger partial charge in [-0.25, -0.2) is 19.3 Å². The van der Waals surface area contributed by atoms with Crippen LogP contribution < -0.4 is 10.2 Å². The maximum absolute atomic E-state index is 14.6. The first-order valence-electron chi connectivity index (χ1n) is 11.2. The summed E-state index contributed by atoms with van der Waals surface area (Å²) in [5.41, 5.74) is 4.11. The molecule has 10 heteroatoms. The van der Waals surface area contributed by atoms with E-state index in [1.54, 1.807) is 23.0 Å². The largest absolute Gasteiger partial charge is 0.354 e. The number of nitrogens with zero attached hydrogens (tertiary/aromatic N) is 7. The fourth-order valence-electron chi connectivity index (χ4n) is 4.34. The molecule has 5 aromatic rings. The maximum atomic E-state index is 14.6. The van der Waals surface area contributed by atoms with Crippen LogP contribution in [0.4, 0.5) is 21.8 Å². The molecule has 0 unspecified atom stereocenters. The average molecular weight is 458 g/mol. The second kappa shape index (κ2) is 8.07. The van der Waals surface area contributed by atoms with Crippen LogP contribution >= 0.6 is 0 Å². The quantitative estimate of drug-likeness (QED) is 0.426. The van der Waals surface area contributed by atoms with Gasteiger partial charge in [-0.3, -0.25) is 0 Å². The molecular weight excluding hydrogens is 433 g/mol. The first kappa shape index (κ1) is 20.5. The summed E-state index contributed by atoms with van der Waals surface area (Å²) in [5, 5.41) is 4.02. The lowest BCUT2D eigenvalue weighted by Crippen LogP contribution is -2.44. The molecule has 0 amide bonds. The van der Waals surface area contributed by atoms with Crippen LogP contribution in [-0.2, 0) is 0 Å². The molecule has 6 heterocycles. The average Bonchev–Trinajstić information content (AvgIpc) is 3.43. The van der Waals surface area contributed by atoms with E-state index in [0.717, 1.165) is 59.9 Å². The van der Waals surface area contributed by atoms with Crippen molar-refractivity contribution in [3.63, 3.8) is 0 Å². The van der Waals surface area contributed by atoms with Crippen LogP contribution in [-0.4, -0.2) is 67.4 Å². The van der Waals surface area contributed by atoms with Crippen molar-refractivity contribution >= 4 is 34.1 Å². The molecule has 0 radical (unpaired) electrons. The number of pyridine rings is 2. The van der Waals surface area contributed by atoms with Gasteiger partial charge in [-0.2, -0.15) is 4.98 Å². The first-order valence-corrected chi connectivity index (χ1v) is 11.2. The van der Waals surface area contributed by atoms with E-state index in [-0.39, 0.29) is 5.82 Å². The van der Waals surface area contributed by atoms with E-state index in [1.807, 2.05) is 31.5 Å². The summed E-state index contributed by atoms with van der Waals surface area (Å²) in [5.74, 6) is 1.06. The van der Waals surface area contributed by atoms with E-state index in [9.17, 15) is 4.39 Å². The van der Waals surface area contributed by atoms with E-state index in [1.165, 1.54) is 6.07 Å². The van der Waals surface area contributed by atoms with E-state index >= 15 is 0 Å². The normalized spacial score (nSPS) is 14.9. The molecule has 1 fully saturated rings. The molecule has 0 saturated carbocycles. The Balaban J connectivity index is 1.23. The number of imidazole rings is 1. The molecule has 0 aromatic carbocycles. The van der Waals surface area contributed by atoms with Gasteiger partial charge in [0.15, 0.2) is 11.5 Å². The van der Waals surface area contributed by atoms with Crippen molar-refractivity contribution < 1.29 is 4.39 Å². The number of nitrogens with one attached hydrogen (secondary N) is 2. The molecule has 1 aliphatic rings. The predicted octanol–water partition coefficient (Wildman–Crippen LogP) is 3.61. The summed E-state index contributed by atoms with van der Waals surface area (Å²) < 4.78 is 16.3. The SMILES string of the molecule is Cc1cn2cc(-c3c[nH]c4nc(Nc5ccc(N6CCN(C)CC6)nc5)ncc34)cc(F)c2n1. The zero-order valence-electron chi connectivity index (χ0n) is 19.0. The van der Waals surface area contributed by atoms with E-state index in [4.69, 9.17) is 0 Å². The van der Waals surface area contributed by atoms with Crippen LogP contribution in [0.15, 0.2) is 49.2 Å². The van der Waals surface area contributed by atoms with Gasteiger partial charge >= 0.3 is 0 Å². The van der Waals surface area contributed by atoms with E-state index < -0.39 is 0 Å². The highest BCUT2D eigenvalue weighted by atomic mass is 19.1. The molecule has 9 nitrogen and oxygen atoms in total. The Bertz CT molecular complexity index is 1480. The highest BCUT2D eigenvalue weighted by molar-refractivity contribution is 5.93. The Morgan fingerprint density at radius 3 is 2.68 bits per heavy atom. The Hall–Kier alpha value is -4.05. The van der Waals surface area contributed by atoms with Crippen molar-refractivity contribution in [2.75, 3.05) is 43.4 Å². The fourth-order valence-corrected chi connectivity index (χ4v) is 4.34. The third-order valence-corrected chi connectivity index (χ3v) is 6.20. The van der Waals surface area contributed by atoms with Crippen LogP contribution in [0.3, 0.4) is 0 Å². The van der Waals surface area contributed by atoms with Gasteiger partial charge in [0.2, 0.25) is 5.95 Å². The zero-order chi connectivity index (χ0) is 23.2. The number of aromatic amines is 1. The third-order valence-electron chi connectivity index (χ3n) is 6.20. The summed E-state index contributed by atoms with van der Waals surface area (Å²) in [6, 6.07) is 5.49. The molecule has 0 bridgehead atoms. The van der Waals surface area contributed by atoms with Crippen molar-refractivity contribution in [1.29, 1.82) is 0 Å². The molecule has 2 N–H and O–H groups in total. The Kier molecular flexibility index (Phi) is 4.88. The standard InChI is InChI=1S/C24H24FN9/c1-15-13-34-14-16(9-20(25)23(34)29-15)18-11-27-22-19(18)12-28-24(31-22)30-17-3-4-21(26-10-17)33-7-5-32(2)6-8-33/h3-4,9-14H,5-8H2,1-2H3,(H2,27,28,30,31). The summed E-state index contributed by atoms with van der Waals surface area (Å²) in [7, 11) is 2.14. The minimum atomic E-state index is -0.369. The number of anilines is 3. The van der Waals surface area contributed by atoms with Gasteiger partial charge in [0.1, 0.15) is 11.5 Å². The van der Waals surface area contributed by atoms with Crippen molar-refractivity contribution in [2.45, 2.75) is 6.92 Å². The predicted molar refractivity (Wildman–Crippen MR) is 130 cm³/mol. The number of piperazine rings is 1. The zero-order valence-corrected chi connectivity index (χ0v) is 19.0. The Morgan fingerprint density at radius 1 is 1.03 bits per heavy atom. The molecule has 1 saturated heterocycles. The third kappa shape index (κ3) is 3.71. The molecule has 0 atom stereocenters. The number of aryl methyl sites for hydroxylation is 1. The summed E-state index contributed by atoms with van der Waals surface area (Å²) in [4.78, 5) is 25.7. The molecule has 0 aliphatic carbocycles. The van der Waals surface area contributed by atoms with Crippen molar-refractivity contribution in [1.82, 2.24) is 34.2 Å². The number of halogens is 1. The minimum Gasteiger partial charge on any atom is -0.354 e. The highest BCUT2D eigenvalue weighted by Crippen LogP contribution is 2.29. The van der Waals surface area contributed by atoms with Gasteiger partial charge in [0.05, 0.1) is 17.6 Å². The van der Waals surface area contributed by atoms with Crippen molar-refractivity contribution in [2.24, 2.45) is 0 Å². The van der Waals surface area contributed by atoms with Gasteiger partial charge in [-0.15, -0.1) is 0 Å². The van der Waals surface area contributed by atoms with Crippen LogP contribution in [0, 0.1) is 12.7 Å². The van der Waals surface area contributed by atoms with Crippen LogP contribution in [0.2, 0.25) is 0 Å². The fraction of sp³-hybridized carbons (Fsp3) is 0.250. The van der Waals surface area contributed by atoms with E-state index in [2.05, 4.69) is 47.1 Å². The first-order chi connectivity index (χ1) is 16.5. The molecular formula is C24H24FN9. The topological polar surface area (TPSA) is 90.3 Å². The highest BCUT2D eigenvalue weighted by Gasteiger charge is 2.16. The van der Waals surface area contributed by atoms with Crippen molar-refractivity contribution in [3.8, 4) is 11.1 Å². The molecule has 0 spiro atoms. The minimum absolute atomic E-state index is 0.316. The maximum Gasteiger partial charge on any atom is 0.229 e. The van der Waals surface area contributed by atoms with Crippen LogP contribution in [0.5, 0.6) is 0 Å². The molecule has 5 aromatic heterocycles. The number of H-pyrrole nitrogens is 1. The molecule has 172 valence electrons. The molecule has 1 aliphatic heterocycles. The number of hydrogen-bond acceptors (Lipinski definition) is 7. The van der Waals surface area contributed by atoms with Gasteiger partial charge in [0, 0.05) is 67.5 Å². The molecule has 6 rings (SSSR count). The van der Waals surface area contributed by atoms with Gasteiger partial charge in [-0.05, 0) is 32.2 Å². The van der Waals surface area contributed by atoms with Gasteiger partial charge in [0.25, 0.3) is 0 Å². The Labute approximate surface area is 195 Å². The lowest BCUT2D eigenvalue weighted by Gasteiger charge is -2.33. The summed E-state index contributed by atoms with van der Waals surface area (Å²) >= 11 is 0. The van der Waals surface area contributed by atoms with Gasteiger partial charge < -0.3 is 24.5 Å².